The van der Waals surface area contributed by atoms with E-state index in [1.165, 1.54) is 12.1 Å². The van der Waals surface area contributed by atoms with Gasteiger partial charge in [0.25, 0.3) is 0 Å². The van der Waals surface area contributed by atoms with E-state index in [2.05, 4.69) is 5.32 Å². The largest absolute Gasteiger partial charge is 0.497 e. The number of likely N-dealkylation sites (tertiary alicyclic amines) is 1. The van der Waals surface area contributed by atoms with Gasteiger partial charge < -0.3 is 15.0 Å². The van der Waals surface area contributed by atoms with E-state index >= 15 is 0 Å². The predicted molar refractivity (Wildman–Crippen MR) is 114 cm³/mol. The molecule has 0 aliphatic carbocycles. The first kappa shape index (κ1) is 23.6. The Morgan fingerprint density at radius 1 is 1.12 bits per heavy atom. The van der Waals surface area contributed by atoms with Gasteiger partial charge in [-0.2, -0.15) is 13.2 Å². The molecule has 0 spiro atoms. The van der Waals surface area contributed by atoms with Crippen LogP contribution in [-0.4, -0.2) is 43.5 Å². The number of ether oxygens (including phenoxy) is 1. The number of carbonyl (C=O) groups is 2. The Balaban J connectivity index is 1.50. The topological polar surface area (TPSA) is 58.6 Å². The second kappa shape index (κ2) is 10.5. The van der Waals surface area contributed by atoms with Crippen LogP contribution < -0.4 is 10.1 Å². The number of halogens is 3. The average Bonchev–Trinajstić information content (AvgIpc) is 2.78. The minimum Gasteiger partial charge on any atom is -0.497 e. The SMILES string of the molecule is COc1ccc(CCN2C[C@H](C(=O)NCCc3ccccc3C(F)(F)F)CCC2=O)cc1. The molecule has 1 atom stereocenters. The number of hydrogen-bond acceptors (Lipinski definition) is 3. The molecule has 2 aromatic carbocycles. The minimum absolute atomic E-state index is 0.0154. The van der Waals surface area contributed by atoms with Crippen LogP contribution in [0.3, 0.4) is 0 Å². The first-order valence-corrected chi connectivity index (χ1v) is 10.6. The fourth-order valence-corrected chi connectivity index (χ4v) is 3.88. The summed E-state index contributed by atoms with van der Waals surface area (Å²) in [6, 6.07) is 13.0. The van der Waals surface area contributed by atoms with Crippen molar-refractivity contribution in [2.24, 2.45) is 5.92 Å². The van der Waals surface area contributed by atoms with Crippen molar-refractivity contribution in [2.45, 2.75) is 31.9 Å². The van der Waals surface area contributed by atoms with Gasteiger partial charge in [0.15, 0.2) is 0 Å². The Bertz CT molecular complexity index is 929. The Labute approximate surface area is 185 Å². The average molecular weight is 448 g/mol. The molecule has 1 saturated heterocycles. The summed E-state index contributed by atoms with van der Waals surface area (Å²) in [6.07, 6.45) is -2.93. The van der Waals surface area contributed by atoms with Crippen LogP contribution in [0.5, 0.6) is 5.75 Å². The maximum atomic E-state index is 13.1. The number of nitrogens with zero attached hydrogens (tertiary/aromatic N) is 1. The molecule has 0 saturated carbocycles. The third-order valence-corrected chi connectivity index (χ3v) is 5.72. The van der Waals surface area contributed by atoms with Crippen molar-refractivity contribution >= 4 is 11.8 Å². The first-order valence-electron chi connectivity index (χ1n) is 10.6. The summed E-state index contributed by atoms with van der Waals surface area (Å²) < 4.78 is 44.5. The van der Waals surface area contributed by atoms with Gasteiger partial charge in [0.2, 0.25) is 11.8 Å². The standard InChI is InChI=1S/C24H27F3N2O3/c1-32-20-9-6-17(7-10-20)13-15-29-16-19(8-11-22(29)30)23(31)28-14-12-18-4-2-3-5-21(18)24(25,26)27/h2-7,9-10,19H,8,11-16H2,1H3,(H,28,31)/t19-/m1/s1. The molecule has 8 heteroatoms. The zero-order valence-corrected chi connectivity index (χ0v) is 18.0. The number of alkyl halides is 3. The quantitative estimate of drug-likeness (QED) is 0.667. The van der Waals surface area contributed by atoms with Gasteiger partial charge in [-0.25, -0.2) is 0 Å². The molecule has 1 aliphatic heterocycles. The van der Waals surface area contributed by atoms with Crippen molar-refractivity contribution < 1.29 is 27.5 Å². The number of hydrogen-bond donors (Lipinski definition) is 1. The fourth-order valence-electron chi connectivity index (χ4n) is 3.88. The number of nitrogens with one attached hydrogen (secondary N) is 1. The van der Waals surface area contributed by atoms with Crippen LogP contribution in [0, 0.1) is 5.92 Å². The van der Waals surface area contributed by atoms with E-state index in [0.717, 1.165) is 17.4 Å². The summed E-state index contributed by atoms with van der Waals surface area (Å²) in [5.41, 5.74) is 0.538. The Kier molecular flexibility index (Phi) is 7.77. The molecule has 0 unspecified atom stereocenters. The van der Waals surface area contributed by atoms with E-state index in [1.54, 1.807) is 18.1 Å². The van der Waals surface area contributed by atoms with E-state index in [9.17, 15) is 22.8 Å². The molecule has 32 heavy (non-hydrogen) atoms. The molecule has 2 aromatic rings. The number of carbonyl (C=O) groups excluding carboxylic acids is 2. The van der Waals surface area contributed by atoms with Gasteiger partial charge in [0, 0.05) is 26.1 Å². The van der Waals surface area contributed by atoms with Crippen LogP contribution in [0.4, 0.5) is 13.2 Å². The van der Waals surface area contributed by atoms with Crippen LogP contribution >= 0.6 is 0 Å². The lowest BCUT2D eigenvalue weighted by atomic mass is 9.96. The zero-order chi connectivity index (χ0) is 23.1. The highest BCUT2D eigenvalue weighted by Gasteiger charge is 2.33. The number of methoxy groups -OCH3 is 1. The van der Waals surface area contributed by atoms with Gasteiger partial charge in [0.1, 0.15) is 5.75 Å². The summed E-state index contributed by atoms with van der Waals surface area (Å²) in [5, 5.41) is 2.74. The third-order valence-electron chi connectivity index (χ3n) is 5.72. The molecule has 1 fully saturated rings. The molecule has 1 aliphatic rings. The minimum atomic E-state index is -4.42. The van der Waals surface area contributed by atoms with Crippen LogP contribution in [-0.2, 0) is 28.6 Å². The van der Waals surface area contributed by atoms with Crippen molar-refractivity contribution in [1.82, 2.24) is 10.2 Å². The number of rotatable bonds is 8. The molecule has 1 heterocycles. The molecule has 5 nitrogen and oxygen atoms in total. The van der Waals surface area contributed by atoms with Crippen molar-refractivity contribution in [3.05, 3.63) is 65.2 Å². The van der Waals surface area contributed by atoms with Crippen molar-refractivity contribution in [1.29, 1.82) is 0 Å². The molecule has 172 valence electrons. The van der Waals surface area contributed by atoms with Gasteiger partial charge in [-0.15, -0.1) is 0 Å². The summed E-state index contributed by atoms with van der Waals surface area (Å²) in [6.45, 7) is 0.941. The van der Waals surface area contributed by atoms with Gasteiger partial charge in [0.05, 0.1) is 18.6 Å². The highest BCUT2D eigenvalue weighted by atomic mass is 19.4. The van der Waals surface area contributed by atoms with E-state index in [4.69, 9.17) is 4.74 Å². The van der Waals surface area contributed by atoms with Crippen LogP contribution in [0.2, 0.25) is 0 Å². The molecule has 3 rings (SSSR count). The van der Waals surface area contributed by atoms with E-state index < -0.39 is 11.7 Å². The molecule has 0 aromatic heterocycles. The maximum absolute atomic E-state index is 13.1. The second-order valence-electron chi connectivity index (χ2n) is 7.87. The summed E-state index contributed by atoms with van der Waals surface area (Å²) in [5.74, 6) is 0.192. The Morgan fingerprint density at radius 3 is 2.53 bits per heavy atom. The van der Waals surface area contributed by atoms with Crippen LogP contribution in [0.15, 0.2) is 48.5 Å². The second-order valence-corrected chi connectivity index (χ2v) is 7.87. The number of benzene rings is 2. The summed E-state index contributed by atoms with van der Waals surface area (Å²) in [7, 11) is 1.60. The lowest BCUT2D eigenvalue weighted by Crippen LogP contribution is -2.46. The van der Waals surface area contributed by atoms with Crippen molar-refractivity contribution in [3.8, 4) is 5.75 Å². The van der Waals surface area contributed by atoms with Gasteiger partial charge in [-0.3, -0.25) is 9.59 Å². The monoisotopic (exact) mass is 448 g/mol. The van der Waals surface area contributed by atoms with Crippen molar-refractivity contribution in [2.75, 3.05) is 26.7 Å². The molecular weight excluding hydrogens is 421 g/mol. The van der Waals surface area contributed by atoms with Crippen LogP contribution in [0.25, 0.3) is 0 Å². The zero-order valence-electron chi connectivity index (χ0n) is 18.0. The lowest BCUT2D eigenvalue weighted by Gasteiger charge is -2.32. The third kappa shape index (κ3) is 6.24. The van der Waals surface area contributed by atoms with E-state index in [0.29, 0.717) is 25.9 Å². The molecule has 1 N–H and O–H groups in total. The molecule has 0 bridgehead atoms. The lowest BCUT2D eigenvalue weighted by molar-refractivity contribution is -0.139. The maximum Gasteiger partial charge on any atom is 0.416 e. The molecule has 0 radical (unpaired) electrons. The first-order chi connectivity index (χ1) is 15.3. The van der Waals surface area contributed by atoms with Crippen molar-refractivity contribution in [3.63, 3.8) is 0 Å². The number of piperidine rings is 1. The highest BCUT2D eigenvalue weighted by molar-refractivity contribution is 5.83. The van der Waals surface area contributed by atoms with Gasteiger partial charge in [-0.1, -0.05) is 30.3 Å². The van der Waals surface area contributed by atoms with Gasteiger partial charge in [-0.05, 0) is 48.6 Å². The Hall–Kier alpha value is -3.03. The highest BCUT2D eigenvalue weighted by Crippen LogP contribution is 2.32. The molecule has 2 amide bonds. The van der Waals surface area contributed by atoms with Crippen LogP contribution in [0.1, 0.15) is 29.5 Å². The Morgan fingerprint density at radius 2 is 1.84 bits per heavy atom. The fraction of sp³-hybridized carbons (Fsp3) is 0.417. The van der Waals surface area contributed by atoms with E-state index in [1.807, 2.05) is 24.3 Å². The van der Waals surface area contributed by atoms with E-state index in [-0.39, 0.29) is 42.7 Å². The number of amides is 2. The summed E-state index contributed by atoms with van der Waals surface area (Å²) >= 11 is 0. The summed E-state index contributed by atoms with van der Waals surface area (Å²) in [4.78, 5) is 26.6. The normalized spacial score (nSPS) is 16.7. The smallest absolute Gasteiger partial charge is 0.416 e. The van der Waals surface area contributed by atoms with Gasteiger partial charge >= 0.3 is 6.18 Å². The predicted octanol–water partition coefficient (Wildman–Crippen LogP) is 3.85. The molecular formula is C24H27F3N2O3.